The van der Waals surface area contributed by atoms with E-state index in [1.165, 1.54) is 5.56 Å². The van der Waals surface area contributed by atoms with Crippen LogP contribution in [0.1, 0.15) is 17.7 Å². The third-order valence-corrected chi connectivity index (χ3v) is 5.16. The highest BCUT2D eigenvalue weighted by atomic mass is 16.5. The summed E-state index contributed by atoms with van der Waals surface area (Å²) in [5.74, 6) is 1.06. The molecule has 4 rings (SSSR count). The molecule has 0 radical (unpaired) electrons. The maximum atomic E-state index is 12.6. The van der Waals surface area contributed by atoms with E-state index in [0.717, 1.165) is 32.0 Å². The fourth-order valence-corrected chi connectivity index (χ4v) is 3.82. The van der Waals surface area contributed by atoms with Gasteiger partial charge in [0.05, 0.1) is 25.0 Å². The van der Waals surface area contributed by atoms with Gasteiger partial charge in [-0.2, -0.15) is 0 Å². The van der Waals surface area contributed by atoms with Crippen LogP contribution in [0.2, 0.25) is 0 Å². The van der Waals surface area contributed by atoms with E-state index < -0.39 is 0 Å². The molecule has 3 heterocycles. The molecule has 1 aromatic carbocycles. The van der Waals surface area contributed by atoms with E-state index >= 15 is 0 Å². The van der Waals surface area contributed by atoms with Gasteiger partial charge in [0.1, 0.15) is 5.76 Å². The molecule has 2 saturated heterocycles. The first kappa shape index (κ1) is 16.4. The van der Waals surface area contributed by atoms with Crippen molar-refractivity contribution in [2.24, 2.45) is 0 Å². The zero-order chi connectivity index (χ0) is 17.1. The Kier molecular flexibility index (Phi) is 4.85. The van der Waals surface area contributed by atoms with Gasteiger partial charge < -0.3 is 14.1 Å². The molecule has 2 fully saturated rings. The van der Waals surface area contributed by atoms with E-state index in [-0.39, 0.29) is 12.0 Å². The third kappa shape index (κ3) is 3.78. The van der Waals surface area contributed by atoms with E-state index in [1.807, 2.05) is 23.1 Å². The van der Waals surface area contributed by atoms with Crippen LogP contribution in [0.5, 0.6) is 0 Å². The molecule has 0 aliphatic carbocycles. The Morgan fingerprint density at radius 2 is 2.00 bits per heavy atom. The summed E-state index contributed by atoms with van der Waals surface area (Å²) in [5.41, 5.74) is 1.31. The van der Waals surface area contributed by atoms with Gasteiger partial charge in [-0.05, 0) is 17.7 Å². The minimum absolute atomic E-state index is 0.130. The largest absolute Gasteiger partial charge is 0.469 e. The number of benzene rings is 1. The quantitative estimate of drug-likeness (QED) is 0.838. The molecule has 0 N–H and O–H groups in total. The molecule has 2 atom stereocenters. The van der Waals surface area contributed by atoms with Crippen molar-refractivity contribution in [2.45, 2.75) is 31.5 Å². The maximum Gasteiger partial charge on any atom is 0.223 e. The number of ether oxygens (including phenoxy) is 1. The van der Waals surface area contributed by atoms with Crippen molar-refractivity contribution in [1.82, 2.24) is 9.80 Å². The van der Waals surface area contributed by atoms with Crippen molar-refractivity contribution in [3.05, 3.63) is 60.1 Å². The predicted octanol–water partition coefficient (Wildman–Crippen LogP) is 2.32. The van der Waals surface area contributed by atoms with Crippen LogP contribution in [0.3, 0.4) is 0 Å². The van der Waals surface area contributed by atoms with Crippen molar-refractivity contribution in [1.29, 1.82) is 0 Å². The number of morpholine rings is 1. The molecule has 0 saturated carbocycles. The maximum absolute atomic E-state index is 12.6. The number of carbonyl (C=O) groups excluding carboxylic acids is 1. The molecule has 0 unspecified atom stereocenters. The SMILES string of the molecule is O=C(CCc1ccco1)N1C[C@@H]2OCCN(Cc3ccccc3)[C@H]2C1. The van der Waals surface area contributed by atoms with Gasteiger partial charge in [-0.15, -0.1) is 0 Å². The highest BCUT2D eigenvalue weighted by Crippen LogP contribution is 2.25. The van der Waals surface area contributed by atoms with Gasteiger partial charge in [0.2, 0.25) is 5.91 Å². The molecule has 0 bridgehead atoms. The molecule has 5 nitrogen and oxygen atoms in total. The van der Waals surface area contributed by atoms with Gasteiger partial charge in [0, 0.05) is 39.0 Å². The standard InChI is InChI=1S/C20H24N2O3/c23-20(9-8-17-7-4-11-24-17)22-14-18-19(15-22)25-12-10-21(18)13-16-5-2-1-3-6-16/h1-7,11,18-19H,8-10,12-15H2/t18-,19-/m0/s1. The summed E-state index contributed by atoms with van der Waals surface area (Å²) in [4.78, 5) is 17.0. The number of likely N-dealkylation sites (tertiary alicyclic amines) is 1. The zero-order valence-corrected chi connectivity index (χ0v) is 14.3. The van der Waals surface area contributed by atoms with Crippen LogP contribution in [0, 0.1) is 0 Å². The van der Waals surface area contributed by atoms with E-state index in [4.69, 9.17) is 9.15 Å². The van der Waals surface area contributed by atoms with E-state index in [9.17, 15) is 4.79 Å². The molecule has 1 amide bonds. The Morgan fingerprint density at radius 3 is 2.80 bits per heavy atom. The fourth-order valence-electron chi connectivity index (χ4n) is 3.82. The summed E-state index contributed by atoms with van der Waals surface area (Å²) >= 11 is 0. The van der Waals surface area contributed by atoms with E-state index in [1.54, 1.807) is 6.26 Å². The van der Waals surface area contributed by atoms with Crippen LogP contribution in [-0.4, -0.2) is 54.1 Å². The van der Waals surface area contributed by atoms with Gasteiger partial charge in [0.15, 0.2) is 0 Å². The second kappa shape index (κ2) is 7.42. The number of rotatable bonds is 5. The van der Waals surface area contributed by atoms with Crippen LogP contribution in [0.15, 0.2) is 53.1 Å². The lowest BCUT2D eigenvalue weighted by Gasteiger charge is -2.36. The molecular weight excluding hydrogens is 316 g/mol. The van der Waals surface area contributed by atoms with Gasteiger partial charge in [-0.1, -0.05) is 30.3 Å². The fraction of sp³-hybridized carbons (Fsp3) is 0.450. The van der Waals surface area contributed by atoms with Gasteiger partial charge in [-0.3, -0.25) is 9.69 Å². The Bertz CT molecular complexity index is 686. The first-order valence-electron chi connectivity index (χ1n) is 8.99. The normalized spacial score (nSPS) is 23.6. The number of nitrogens with zero attached hydrogens (tertiary/aromatic N) is 2. The van der Waals surface area contributed by atoms with Crippen molar-refractivity contribution < 1.29 is 13.9 Å². The minimum Gasteiger partial charge on any atom is -0.469 e. The molecule has 2 aliphatic rings. The Hall–Kier alpha value is -2.11. The Balaban J connectivity index is 1.36. The molecule has 2 aromatic rings. The number of fused-ring (bicyclic) bond motifs is 1. The van der Waals surface area contributed by atoms with Crippen LogP contribution in [0.4, 0.5) is 0 Å². The number of amides is 1. The summed E-state index contributed by atoms with van der Waals surface area (Å²) in [6.07, 6.45) is 2.93. The first-order valence-corrected chi connectivity index (χ1v) is 8.99. The number of hydrogen-bond acceptors (Lipinski definition) is 4. The molecule has 1 aromatic heterocycles. The monoisotopic (exact) mass is 340 g/mol. The van der Waals surface area contributed by atoms with Gasteiger partial charge in [-0.25, -0.2) is 0 Å². The Morgan fingerprint density at radius 1 is 1.12 bits per heavy atom. The molecule has 2 aliphatic heterocycles. The second-order valence-corrected chi connectivity index (χ2v) is 6.81. The van der Waals surface area contributed by atoms with Crippen molar-refractivity contribution in [2.75, 3.05) is 26.2 Å². The number of carbonyl (C=O) groups is 1. The average Bonchev–Trinajstić information content (AvgIpc) is 3.30. The topological polar surface area (TPSA) is 45.9 Å². The second-order valence-electron chi connectivity index (χ2n) is 6.81. The smallest absolute Gasteiger partial charge is 0.223 e. The lowest BCUT2D eigenvalue weighted by molar-refractivity contribution is -0.130. The van der Waals surface area contributed by atoms with Crippen LogP contribution in [0.25, 0.3) is 0 Å². The van der Waals surface area contributed by atoms with Crippen molar-refractivity contribution in [3.8, 4) is 0 Å². The summed E-state index contributed by atoms with van der Waals surface area (Å²) in [7, 11) is 0. The van der Waals surface area contributed by atoms with Crippen molar-refractivity contribution in [3.63, 3.8) is 0 Å². The summed E-state index contributed by atoms with van der Waals surface area (Å²) in [6, 6.07) is 14.6. The minimum atomic E-state index is 0.130. The third-order valence-electron chi connectivity index (χ3n) is 5.16. The summed E-state index contributed by atoms with van der Waals surface area (Å²) < 4.78 is 11.3. The van der Waals surface area contributed by atoms with E-state index in [2.05, 4.69) is 29.2 Å². The van der Waals surface area contributed by atoms with Crippen LogP contribution in [-0.2, 0) is 22.5 Å². The molecular formula is C20H24N2O3. The zero-order valence-electron chi connectivity index (χ0n) is 14.3. The Labute approximate surface area is 148 Å². The van der Waals surface area contributed by atoms with Crippen LogP contribution < -0.4 is 0 Å². The molecule has 0 spiro atoms. The summed E-state index contributed by atoms with van der Waals surface area (Å²) in [5, 5.41) is 0. The highest BCUT2D eigenvalue weighted by molar-refractivity contribution is 5.76. The molecule has 5 heteroatoms. The number of furan rings is 1. The molecule has 25 heavy (non-hydrogen) atoms. The predicted molar refractivity (Wildman–Crippen MR) is 94.0 cm³/mol. The van der Waals surface area contributed by atoms with Crippen LogP contribution >= 0.6 is 0 Å². The highest BCUT2D eigenvalue weighted by Gasteiger charge is 2.41. The summed E-state index contributed by atoms with van der Waals surface area (Å²) in [6.45, 7) is 4.04. The van der Waals surface area contributed by atoms with E-state index in [0.29, 0.717) is 25.4 Å². The molecule has 132 valence electrons. The van der Waals surface area contributed by atoms with Gasteiger partial charge in [0.25, 0.3) is 0 Å². The number of aryl methyl sites for hydroxylation is 1. The lowest BCUT2D eigenvalue weighted by Crippen LogP contribution is -2.50. The first-order chi connectivity index (χ1) is 12.3. The lowest BCUT2D eigenvalue weighted by atomic mass is 10.1. The van der Waals surface area contributed by atoms with Crippen molar-refractivity contribution >= 4 is 5.91 Å². The average molecular weight is 340 g/mol. The van der Waals surface area contributed by atoms with Gasteiger partial charge >= 0.3 is 0 Å². The number of hydrogen-bond donors (Lipinski definition) is 0.